The molecule has 0 aromatic heterocycles. The number of carbonyl (C=O) groups is 2. The number of rotatable bonds is 11. The van der Waals surface area contributed by atoms with Gasteiger partial charge in [0.2, 0.25) is 5.91 Å². The highest BCUT2D eigenvalue weighted by atomic mass is 16.5. The van der Waals surface area contributed by atoms with E-state index in [2.05, 4.69) is 19.2 Å². The molecule has 0 radical (unpaired) electrons. The molecule has 2 amide bonds. The first-order valence-corrected chi connectivity index (χ1v) is 12.2. The number of ether oxygens (including phenoxy) is 1. The number of para-hydroxylation sites is 1. The van der Waals surface area contributed by atoms with Crippen LogP contribution < -0.4 is 10.1 Å². The zero-order chi connectivity index (χ0) is 25.2. The van der Waals surface area contributed by atoms with E-state index >= 15 is 0 Å². The van der Waals surface area contributed by atoms with Crippen molar-refractivity contribution < 1.29 is 14.3 Å². The average Bonchev–Trinajstić information content (AvgIpc) is 2.85. The van der Waals surface area contributed by atoms with Crippen LogP contribution >= 0.6 is 0 Å². The summed E-state index contributed by atoms with van der Waals surface area (Å²) in [7, 11) is 0. The summed E-state index contributed by atoms with van der Waals surface area (Å²) in [6, 6.07) is 26.6. The van der Waals surface area contributed by atoms with Crippen LogP contribution in [0.3, 0.4) is 0 Å². The van der Waals surface area contributed by atoms with Crippen LogP contribution in [-0.4, -0.2) is 35.4 Å². The van der Waals surface area contributed by atoms with Crippen molar-refractivity contribution in [3.8, 4) is 5.75 Å². The number of nitrogens with one attached hydrogen (secondary N) is 1. The average molecular weight is 473 g/mol. The fraction of sp³-hybridized carbons (Fsp3) is 0.333. The number of amides is 2. The molecule has 0 fully saturated rings. The number of hydrogen-bond acceptors (Lipinski definition) is 3. The minimum Gasteiger partial charge on any atom is -0.483 e. The Morgan fingerprint density at radius 2 is 1.37 bits per heavy atom. The van der Waals surface area contributed by atoms with Crippen molar-refractivity contribution >= 4 is 11.8 Å². The Morgan fingerprint density at radius 3 is 1.97 bits per heavy atom. The van der Waals surface area contributed by atoms with E-state index in [1.54, 1.807) is 4.90 Å². The second-order valence-corrected chi connectivity index (χ2v) is 9.36. The molecule has 0 aliphatic rings. The third-order valence-corrected chi connectivity index (χ3v) is 5.79. The van der Waals surface area contributed by atoms with Gasteiger partial charge in [-0.25, -0.2) is 0 Å². The second kappa shape index (κ2) is 12.7. The maximum absolute atomic E-state index is 13.6. The van der Waals surface area contributed by atoms with Crippen molar-refractivity contribution in [2.45, 2.75) is 58.7 Å². The summed E-state index contributed by atoms with van der Waals surface area (Å²) < 4.78 is 6.02. The van der Waals surface area contributed by atoms with Crippen LogP contribution in [0, 0.1) is 0 Å². The Labute approximate surface area is 209 Å². The van der Waals surface area contributed by atoms with Gasteiger partial charge in [0.1, 0.15) is 11.8 Å². The molecule has 1 atom stereocenters. The Balaban J connectivity index is 1.90. The van der Waals surface area contributed by atoms with Crippen molar-refractivity contribution in [1.82, 2.24) is 10.2 Å². The van der Waals surface area contributed by atoms with Gasteiger partial charge in [-0.15, -0.1) is 0 Å². The molecular weight excluding hydrogens is 436 g/mol. The van der Waals surface area contributed by atoms with Crippen LogP contribution in [0.4, 0.5) is 0 Å². The number of carbonyl (C=O) groups excluding carboxylic acids is 2. The SMILES string of the molecule is CC(C)NC(=O)[C@@H](Cc1ccccc1)N(Cc1ccccc1)C(=O)COc1ccccc1C(C)C. The molecule has 0 saturated carbocycles. The van der Waals surface area contributed by atoms with Gasteiger partial charge >= 0.3 is 0 Å². The fourth-order valence-corrected chi connectivity index (χ4v) is 4.03. The summed E-state index contributed by atoms with van der Waals surface area (Å²) >= 11 is 0. The predicted octanol–water partition coefficient (Wildman–Crippen LogP) is 5.35. The van der Waals surface area contributed by atoms with Crippen LogP contribution in [-0.2, 0) is 22.6 Å². The number of nitrogens with zero attached hydrogens (tertiary/aromatic N) is 1. The van der Waals surface area contributed by atoms with E-state index in [4.69, 9.17) is 4.74 Å². The zero-order valence-corrected chi connectivity index (χ0v) is 21.1. The van der Waals surface area contributed by atoms with Crippen molar-refractivity contribution in [3.63, 3.8) is 0 Å². The van der Waals surface area contributed by atoms with Crippen LogP contribution in [0.2, 0.25) is 0 Å². The monoisotopic (exact) mass is 472 g/mol. The van der Waals surface area contributed by atoms with E-state index in [1.807, 2.05) is 98.8 Å². The minimum atomic E-state index is -0.670. The van der Waals surface area contributed by atoms with Crippen molar-refractivity contribution in [2.24, 2.45) is 0 Å². The molecule has 0 spiro atoms. The molecule has 0 heterocycles. The predicted molar refractivity (Wildman–Crippen MR) is 140 cm³/mol. The van der Waals surface area contributed by atoms with E-state index in [0.29, 0.717) is 18.7 Å². The third-order valence-electron chi connectivity index (χ3n) is 5.79. The molecule has 0 unspecified atom stereocenters. The van der Waals surface area contributed by atoms with Gasteiger partial charge < -0.3 is 15.0 Å². The highest BCUT2D eigenvalue weighted by Crippen LogP contribution is 2.26. The molecular formula is C30H36N2O3. The first-order chi connectivity index (χ1) is 16.8. The molecule has 3 aromatic rings. The van der Waals surface area contributed by atoms with Gasteiger partial charge in [-0.3, -0.25) is 9.59 Å². The van der Waals surface area contributed by atoms with Crippen LogP contribution in [0.25, 0.3) is 0 Å². The van der Waals surface area contributed by atoms with Crippen LogP contribution in [0.1, 0.15) is 50.3 Å². The Hall–Kier alpha value is -3.60. The molecule has 35 heavy (non-hydrogen) atoms. The largest absolute Gasteiger partial charge is 0.483 e. The summed E-state index contributed by atoms with van der Waals surface area (Å²) in [4.78, 5) is 28.7. The van der Waals surface area contributed by atoms with Crippen molar-refractivity contribution in [2.75, 3.05) is 6.61 Å². The lowest BCUT2D eigenvalue weighted by Crippen LogP contribution is -2.52. The van der Waals surface area contributed by atoms with Gasteiger partial charge in [0.15, 0.2) is 6.61 Å². The quantitative estimate of drug-likeness (QED) is 0.409. The molecule has 184 valence electrons. The summed E-state index contributed by atoms with van der Waals surface area (Å²) in [5.41, 5.74) is 3.00. The summed E-state index contributed by atoms with van der Waals surface area (Å²) in [6.07, 6.45) is 0.417. The standard InChI is InChI=1S/C30H36N2O3/c1-22(2)26-17-11-12-18-28(26)35-21-29(33)32(20-25-15-9-6-10-16-25)27(30(34)31-23(3)4)19-24-13-7-5-8-14-24/h5-18,22-23,27H,19-21H2,1-4H3,(H,31,34)/t27-/m1/s1. The number of hydrogen-bond donors (Lipinski definition) is 1. The maximum Gasteiger partial charge on any atom is 0.261 e. The third kappa shape index (κ3) is 7.71. The van der Waals surface area contributed by atoms with E-state index < -0.39 is 6.04 Å². The van der Waals surface area contributed by atoms with Gasteiger partial charge in [-0.2, -0.15) is 0 Å². The summed E-state index contributed by atoms with van der Waals surface area (Å²) in [5.74, 6) is 0.564. The molecule has 0 aliphatic heterocycles. The lowest BCUT2D eigenvalue weighted by Gasteiger charge is -2.32. The normalized spacial score (nSPS) is 11.8. The Bertz CT molecular complexity index is 1080. The molecule has 5 nitrogen and oxygen atoms in total. The zero-order valence-electron chi connectivity index (χ0n) is 21.1. The summed E-state index contributed by atoms with van der Waals surface area (Å²) in [5, 5.41) is 3.01. The minimum absolute atomic E-state index is 0.0383. The smallest absolute Gasteiger partial charge is 0.261 e. The lowest BCUT2D eigenvalue weighted by molar-refractivity contribution is -0.143. The molecule has 3 rings (SSSR count). The van der Waals surface area contributed by atoms with Gasteiger partial charge in [-0.1, -0.05) is 92.7 Å². The van der Waals surface area contributed by atoms with Gasteiger partial charge in [0.05, 0.1) is 0 Å². The number of benzene rings is 3. The highest BCUT2D eigenvalue weighted by Gasteiger charge is 2.31. The maximum atomic E-state index is 13.6. The van der Waals surface area contributed by atoms with Crippen molar-refractivity contribution in [1.29, 1.82) is 0 Å². The molecule has 0 bridgehead atoms. The fourth-order valence-electron chi connectivity index (χ4n) is 4.03. The molecule has 3 aromatic carbocycles. The van der Waals surface area contributed by atoms with Crippen LogP contribution in [0.5, 0.6) is 5.75 Å². The summed E-state index contributed by atoms with van der Waals surface area (Å²) in [6.45, 7) is 8.21. The van der Waals surface area contributed by atoms with E-state index in [0.717, 1.165) is 16.7 Å². The highest BCUT2D eigenvalue weighted by molar-refractivity contribution is 5.88. The van der Waals surface area contributed by atoms with Crippen molar-refractivity contribution in [3.05, 3.63) is 102 Å². The van der Waals surface area contributed by atoms with E-state index in [-0.39, 0.29) is 30.4 Å². The van der Waals surface area contributed by atoms with Gasteiger partial charge in [0.25, 0.3) is 5.91 Å². The lowest BCUT2D eigenvalue weighted by atomic mass is 10.0. The molecule has 0 aliphatic carbocycles. The van der Waals surface area contributed by atoms with E-state index in [1.165, 1.54) is 0 Å². The molecule has 1 N–H and O–H groups in total. The van der Waals surface area contributed by atoms with Gasteiger partial charge in [-0.05, 0) is 42.5 Å². The first kappa shape index (κ1) is 26.0. The molecule has 5 heteroatoms. The Kier molecular flexibility index (Phi) is 9.47. The van der Waals surface area contributed by atoms with Crippen LogP contribution in [0.15, 0.2) is 84.9 Å². The Morgan fingerprint density at radius 1 is 0.800 bits per heavy atom. The van der Waals surface area contributed by atoms with Gasteiger partial charge in [0, 0.05) is 19.0 Å². The van der Waals surface area contributed by atoms with E-state index in [9.17, 15) is 9.59 Å². The first-order valence-electron chi connectivity index (χ1n) is 12.2. The molecule has 0 saturated heterocycles. The topological polar surface area (TPSA) is 58.6 Å². The second-order valence-electron chi connectivity index (χ2n) is 9.36.